The van der Waals surface area contributed by atoms with Gasteiger partial charge < -0.3 is 0 Å². The Balaban J connectivity index is 2.86. The van der Waals surface area contributed by atoms with Crippen LogP contribution in [-0.4, -0.2) is 6.17 Å². The van der Waals surface area contributed by atoms with Crippen LogP contribution in [0.15, 0.2) is 0 Å². The molecule has 0 saturated heterocycles. The molecule has 1 heteroatoms. The summed E-state index contributed by atoms with van der Waals surface area (Å²) in [4.78, 5) is 0. The Labute approximate surface area is 69.2 Å². The second-order valence-corrected chi connectivity index (χ2v) is 2.94. The van der Waals surface area contributed by atoms with Crippen molar-refractivity contribution in [2.45, 2.75) is 51.6 Å². The van der Waals surface area contributed by atoms with Crippen molar-refractivity contribution in [1.29, 1.82) is 0 Å². The molecule has 0 saturated carbocycles. The van der Waals surface area contributed by atoms with E-state index in [4.69, 9.17) is 6.42 Å². The predicted octanol–water partition coefficient (Wildman–Crippen LogP) is 3.32. The van der Waals surface area contributed by atoms with Gasteiger partial charge in [0.05, 0.1) is 6.17 Å². The summed E-state index contributed by atoms with van der Waals surface area (Å²) in [5.41, 5.74) is 0. The highest BCUT2D eigenvalue weighted by molar-refractivity contribution is 4.82. The SMILES string of the molecule is C#CCCCCCCC(C)F. The van der Waals surface area contributed by atoms with Gasteiger partial charge in [0.15, 0.2) is 0 Å². The summed E-state index contributed by atoms with van der Waals surface area (Å²) in [6, 6.07) is 0. The minimum absolute atomic E-state index is 0.636. The Morgan fingerprint density at radius 3 is 2.45 bits per heavy atom. The molecule has 1 atom stereocenters. The van der Waals surface area contributed by atoms with Crippen molar-refractivity contribution >= 4 is 0 Å². The first-order chi connectivity index (χ1) is 5.27. The Morgan fingerprint density at radius 1 is 1.27 bits per heavy atom. The molecule has 0 aliphatic heterocycles. The lowest BCUT2D eigenvalue weighted by Gasteiger charge is -2.00. The highest BCUT2D eigenvalue weighted by Gasteiger charge is 1.96. The predicted molar refractivity (Wildman–Crippen MR) is 47.1 cm³/mol. The normalized spacial score (nSPS) is 12.5. The minimum atomic E-state index is -0.636. The van der Waals surface area contributed by atoms with Gasteiger partial charge in [0.1, 0.15) is 0 Å². The molecule has 0 radical (unpaired) electrons. The molecule has 11 heavy (non-hydrogen) atoms. The molecule has 0 aromatic carbocycles. The Kier molecular flexibility index (Phi) is 7.24. The van der Waals surface area contributed by atoms with E-state index in [2.05, 4.69) is 5.92 Å². The molecular formula is C10H17F. The molecule has 0 aromatic heterocycles. The van der Waals surface area contributed by atoms with E-state index >= 15 is 0 Å². The van der Waals surface area contributed by atoms with E-state index in [1.54, 1.807) is 6.92 Å². The average Bonchev–Trinajstić information content (AvgIpc) is 1.96. The summed E-state index contributed by atoms with van der Waals surface area (Å²) in [5.74, 6) is 2.59. The molecule has 0 spiro atoms. The van der Waals surface area contributed by atoms with E-state index in [1.807, 2.05) is 0 Å². The lowest BCUT2D eigenvalue weighted by molar-refractivity contribution is 0.330. The van der Waals surface area contributed by atoms with Crippen LogP contribution in [0.25, 0.3) is 0 Å². The van der Waals surface area contributed by atoms with Crippen molar-refractivity contribution in [3.63, 3.8) is 0 Å². The van der Waals surface area contributed by atoms with Crippen LogP contribution in [0.4, 0.5) is 4.39 Å². The van der Waals surface area contributed by atoms with E-state index in [0.717, 1.165) is 32.1 Å². The monoisotopic (exact) mass is 156 g/mol. The molecule has 0 aliphatic rings. The van der Waals surface area contributed by atoms with Gasteiger partial charge >= 0.3 is 0 Å². The second-order valence-electron chi connectivity index (χ2n) is 2.94. The van der Waals surface area contributed by atoms with Crippen molar-refractivity contribution in [2.24, 2.45) is 0 Å². The summed E-state index contributed by atoms with van der Waals surface area (Å²) < 4.78 is 12.2. The van der Waals surface area contributed by atoms with E-state index in [1.165, 1.54) is 0 Å². The van der Waals surface area contributed by atoms with E-state index in [-0.39, 0.29) is 0 Å². The molecule has 1 unspecified atom stereocenters. The first kappa shape index (κ1) is 10.5. The third-order valence-corrected chi connectivity index (χ3v) is 1.67. The van der Waals surface area contributed by atoms with Crippen LogP contribution in [-0.2, 0) is 0 Å². The molecule has 0 aromatic rings. The highest BCUT2D eigenvalue weighted by atomic mass is 19.1. The number of alkyl halides is 1. The summed E-state index contributed by atoms with van der Waals surface area (Å²) in [5, 5.41) is 0. The molecule has 0 bridgehead atoms. The maximum atomic E-state index is 12.2. The standard InChI is InChI=1S/C10H17F/c1-3-4-5-6-7-8-9-10(2)11/h1,10H,4-9H2,2H3. The van der Waals surface area contributed by atoms with Gasteiger partial charge in [0.25, 0.3) is 0 Å². The fraction of sp³-hybridized carbons (Fsp3) is 0.800. The van der Waals surface area contributed by atoms with Crippen LogP contribution in [0.1, 0.15) is 45.4 Å². The number of hydrogen-bond donors (Lipinski definition) is 0. The average molecular weight is 156 g/mol. The Bertz CT molecular complexity index is 111. The lowest BCUT2D eigenvalue weighted by Crippen LogP contribution is -1.91. The number of terminal acetylenes is 1. The molecule has 64 valence electrons. The molecule has 0 aliphatic carbocycles. The summed E-state index contributed by atoms with van der Waals surface area (Å²) in [6.07, 6.45) is 10.4. The maximum absolute atomic E-state index is 12.2. The maximum Gasteiger partial charge on any atom is 0.0973 e. The van der Waals surface area contributed by atoms with Gasteiger partial charge in [0, 0.05) is 6.42 Å². The highest BCUT2D eigenvalue weighted by Crippen LogP contribution is 2.08. The molecule has 0 rings (SSSR count). The van der Waals surface area contributed by atoms with Gasteiger partial charge in [-0.2, -0.15) is 0 Å². The van der Waals surface area contributed by atoms with Gasteiger partial charge in [-0.05, 0) is 19.8 Å². The van der Waals surface area contributed by atoms with Crippen molar-refractivity contribution in [2.75, 3.05) is 0 Å². The Hall–Kier alpha value is -0.510. The van der Waals surface area contributed by atoms with Gasteiger partial charge in [-0.15, -0.1) is 12.3 Å². The third-order valence-electron chi connectivity index (χ3n) is 1.67. The van der Waals surface area contributed by atoms with Crippen LogP contribution in [0.3, 0.4) is 0 Å². The van der Waals surface area contributed by atoms with Crippen molar-refractivity contribution in [3.8, 4) is 12.3 Å². The smallest absolute Gasteiger partial charge is 0.0973 e. The first-order valence-electron chi connectivity index (χ1n) is 4.35. The van der Waals surface area contributed by atoms with Crippen molar-refractivity contribution < 1.29 is 4.39 Å². The van der Waals surface area contributed by atoms with Crippen molar-refractivity contribution in [1.82, 2.24) is 0 Å². The molecule has 0 nitrogen and oxygen atoms in total. The van der Waals surface area contributed by atoms with Gasteiger partial charge in [-0.25, -0.2) is 4.39 Å². The third kappa shape index (κ3) is 9.49. The number of hydrogen-bond acceptors (Lipinski definition) is 0. The van der Waals surface area contributed by atoms with Crippen LogP contribution < -0.4 is 0 Å². The van der Waals surface area contributed by atoms with E-state index < -0.39 is 6.17 Å². The van der Waals surface area contributed by atoms with E-state index in [0.29, 0.717) is 6.42 Å². The lowest BCUT2D eigenvalue weighted by atomic mass is 10.1. The minimum Gasteiger partial charge on any atom is -0.248 e. The van der Waals surface area contributed by atoms with Crippen molar-refractivity contribution in [3.05, 3.63) is 0 Å². The molecule has 0 N–H and O–H groups in total. The van der Waals surface area contributed by atoms with Gasteiger partial charge in [-0.1, -0.05) is 19.3 Å². The van der Waals surface area contributed by atoms with E-state index in [9.17, 15) is 4.39 Å². The second kappa shape index (κ2) is 7.60. The van der Waals surface area contributed by atoms with Crippen LogP contribution >= 0.6 is 0 Å². The van der Waals surface area contributed by atoms with Crippen LogP contribution in [0, 0.1) is 12.3 Å². The van der Waals surface area contributed by atoms with Gasteiger partial charge in [0.2, 0.25) is 0 Å². The fourth-order valence-corrected chi connectivity index (χ4v) is 1.01. The quantitative estimate of drug-likeness (QED) is 0.409. The van der Waals surface area contributed by atoms with Crippen LogP contribution in [0.2, 0.25) is 0 Å². The zero-order valence-electron chi connectivity index (χ0n) is 7.28. The molecular weight excluding hydrogens is 139 g/mol. The zero-order valence-corrected chi connectivity index (χ0v) is 7.28. The molecule has 0 fully saturated rings. The largest absolute Gasteiger partial charge is 0.248 e. The summed E-state index contributed by atoms with van der Waals surface area (Å²) in [6.45, 7) is 1.61. The van der Waals surface area contributed by atoms with Crippen LogP contribution in [0.5, 0.6) is 0 Å². The first-order valence-corrected chi connectivity index (χ1v) is 4.35. The molecule has 0 heterocycles. The topological polar surface area (TPSA) is 0 Å². The fourth-order valence-electron chi connectivity index (χ4n) is 1.01. The summed E-state index contributed by atoms with van der Waals surface area (Å²) >= 11 is 0. The molecule has 0 amide bonds. The van der Waals surface area contributed by atoms with Gasteiger partial charge in [-0.3, -0.25) is 0 Å². The Morgan fingerprint density at radius 2 is 1.91 bits per heavy atom. The number of halogens is 1. The number of unbranched alkanes of at least 4 members (excludes halogenated alkanes) is 4. The summed E-state index contributed by atoms with van der Waals surface area (Å²) in [7, 11) is 0. The zero-order chi connectivity index (χ0) is 8.53. The number of rotatable bonds is 6.